The van der Waals surface area contributed by atoms with E-state index in [2.05, 4.69) is 57.9 Å². The Kier molecular flexibility index (Phi) is 5.28. The van der Waals surface area contributed by atoms with E-state index in [9.17, 15) is 0 Å². The maximum absolute atomic E-state index is 4.43. The van der Waals surface area contributed by atoms with Gasteiger partial charge in [-0.25, -0.2) is 4.98 Å². The summed E-state index contributed by atoms with van der Waals surface area (Å²) in [5.74, 6) is 2.27. The molecule has 0 aliphatic heterocycles. The fourth-order valence-corrected chi connectivity index (χ4v) is 3.58. The average molecular weight is 328 g/mol. The number of guanidine groups is 1. The van der Waals surface area contributed by atoms with Gasteiger partial charge in [-0.15, -0.1) is 11.3 Å². The van der Waals surface area contributed by atoms with E-state index < -0.39 is 0 Å². The summed E-state index contributed by atoms with van der Waals surface area (Å²) in [5.41, 5.74) is 1.46. The van der Waals surface area contributed by atoms with Crippen molar-refractivity contribution in [2.24, 2.45) is 10.9 Å². The van der Waals surface area contributed by atoms with Crippen LogP contribution in [0.15, 0.2) is 41.5 Å². The van der Waals surface area contributed by atoms with Crippen LogP contribution in [0.25, 0.3) is 0 Å². The Labute approximate surface area is 142 Å². The highest BCUT2D eigenvalue weighted by Gasteiger charge is 2.37. The quantitative estimate of drug-likeness (QED) is 0.632. The molecule has 2 unspecified atom stereocenters. The van der Waals surface area contributed by atoms with Crippen molar-refractivity contribution in [1.29, 1.82) is 0 Å². The van der Waals surface area contributed by atoms with Crippen molar-refractivity contribution in [1.82, 2.24) is 15.6 Å². The molecule has 1 heterocycles. The average Bonchev–Trinajstić information content (AvgIpc) is 3.23. The van der Waals surface area contributed by atoms with Gasteiger partial charge in [0.1, 0.15) is 5.01 Å². The molecule has 0 spiro atoms. The van der Waals surface area contributed by atoms with E-state index in [1.165, 1.54) is 16.9 Å². The van der Waals surface area contributed by atoms with Gasteiger partial charge in [-0.3, -0.25) is 4.99 Å². The van der Waals surface area contributed by atoms with E-state index in [0.29, 0.717) is 11.8 Å². The van der Waals surface area contributed by atoms with E-state index in [1.54, 1.807) is 11.3 Å². The Morgan fingerprint density at radius 2 is 2.13 bits per heavy atom. The smallest absolute Gasteiger partial charge is 0.191 e. The van der Waals surface area contributed by atoms with Gasteiger partial charge < -0.3 is 10.6 Å². The molecular weight excluding hydrogens is 304 g/mol. The summed E-state index contributed by atoms with van der Waals surface area (Å²) in [6.45, 7) is 3.86. The molecular formula is C18H24N4S. The molecule has 3 rings (SSSR count). The Balaban J connectivity index is 1.42. The van der Waals surface area contributed by atoms with Gasteiger partial charge in [-0.2, -0.15) is 0 Å². The molecule has 4 nitrogen and oxygen atoms in total. The third-order valence-electron chi connectivity index (χ3n) is 4.26. The van der Waals surface area contributed by atoms with Crippen LogP contribution in [0.1, 0.15) is 34.7 Å². The van der Waals surface area contributed by atoms with Crippen molar-refractivity contribution in [3.8, 4) is 0 Å². The molecule has 0 saturated heterocycles. The normalized spacial score (nSPS) is 20.3. The van der Waals surface area contributed by atoms with Gasteiger partial charge in [0.15, 0.2) is 5.96 Å². The van der Waals surface area contributed by atoms with Gasteiger partial charge in [0.25, 0.3) is 0 Å². The summed E-state index contributed by atoms with van der Waals surface area (Å²) >= 11 is 1.76. The first kappa shape index (κ1) is 16.0. The molecule has 1 aliphatic carbocycles. The molecule has 1 aromatic heterocycles. The molecule has 1 saturated carbocycles. The monoisotopic (exact) mass is 328 g/mol. The SMILES string of the molecule is CCc1cnc(CNC(=NC)NCC2CC2c2ccccc2)s1. The second-order valence-corrected chi connectivity index (χ2v) is 7.09. The van der Waals surface area contributed by atoms with Crippen LogP contribution >= 0.6 is 11.3 Å². The number of thiazole rings is 1. The van der Waals surface area contributed by atoms with E-state index in [-0.39, 0.29) is 0 Å². The minimum Gasteiger partial charge on any atom is -0.356 e. The topological polar surface area (TPSA) is 49.3 Å². The van der Waals surface area contributed by atoms with E-state index in [0.717, 1.165) is 30.5 Å². The predicted octanol–water partition coefficient (Wildman–Crippen LogP) is 3.17. The number of hydrogen-bond acceptors (Lipinski definition) is 3. The van der Waals surface area contributed by atoms with Crippen molar-refractivity contribution < 1.29 is 0 Å². The molecule has 0 radical (unpaired) electrons. The zero-order chi connectivity index (χ0) is 16.1. The van der Waals surface area contributed by atoms with Crippen molar-refractivity contribution >= 4 is 17.3 Å². The number of rotatable bonds is 6. The highest BCUT2D eigenvalue weighted by molar-refractivity contribution is 7.11. The lowest BCUT2D eigenvalue weighted by molar-refractivity contribution is 0.718. The predicted molar refractivity (Wildman–Crippen MR) is 97.0 cm³/mol. The molecule has 1 aliphatic rings. The molecule has 0 amide bonds. The number of nitrogens with one attached hydrogen (secondary N) is 2. The summed E-state index contributed by atoms with van der Waals surface area (Å²) in [5, 5.41) is 7.90. The van der Waals surface area contributed by atoms with Gasteiger partial charge in [0.05, 0.1) is 6.54 Å². The maximum Gasteiger partial charge on any atom is 0.191 e. The fourth-order valence-electron chi connectivity index (χ4n) is 2.78. The standard InChI is InChI=1S/C18H24N4S/c1-3-15-11-20-17(23-15)12-22-18(19-2)21-10-14-9-16(14)13-7-5-4-6-8-13/h4-8,11,14,16H,3,9-10,12H2,1-2H3,(H2,19,21,22). The zero-order valence-electron chi connectivity index (χ0n) is 13.7. The Bertz CT molecular complexity index is 650. The summed E-state index contributed by atoms with van der Waals surface area (Å²) in [6, 6.07) is 10.8. The molecule has 2 N–H and O–H groups in total. The van der Waals surface area contributed by atoms with E-state index >= 15 is 0 Å². The minimum absolute atomic E-state index is 0.702. The van der Waals surface area contributed by atoms with Crippen LogP contribution in [-0.4, -0.2) is 24.5 Å². The number of aliphatic imine (C=N–C) groups is 1. The number of hydrogen-bond donors (Lipinski definition) is 2. The molecule has 2 atom stereocenters. The molecule has 1 fully saturated rings. The lowest BCUT2D eigenvalue weighted by atomic mass is 10.1. The minimum atomic E-state index is 0.702. The first-order valence-corrected chi connectivity index (χ1v) is 9.04. The summed E-state index contributed by atoms with van der Waals surface area (Å²) in [4.78, 5) is 10.1. The Morgan fingerprint density at radius 3 is 2.83 bits per heavy atom. The fraction of sp³-hybridized carbons (Fsp3) is 0.444. The van der Waals surface area contributed by atoms with Crippen molar-refractivity contribution in [3.05, 3.63) is 52.0 Å². The van der Waals surface area contributed by atoms with E-state index in [1.807, 2.05) is 13.2 Å². The first-order valence-electron chi connectivity index (χ1n) is 8.23. The van der Waals surface area contributed by atoms with Crippen LogP contribution in [0, 0.1) is 5.92 Å². The van der Waals surface area contributed by atoms with Crippen molar-refractivity contribution in [3.63, 3.8) is 0 Å². The molecule has 2 aromatic rings. The number of aryl methyl sites for hydroxylation is 1. The highest BCUT2D eigenvalue weighted by atomic mass is 32.1. The summed E-state index contributed by atoms with van der Waals surface area (Å²) in [6.07, 6.45) is 4.28. The van der Waals surface area contributed by atoms with Gasteiger partial charge in [0, 0.05) is 24.7 Å². The molecule has 0 bridgehead atoms. The van der Waals surface area contributed by atoms with Gasteiger partial charge >= 0.3 is 0 Å². The summed E-state index contributed by atoms with van der Waals surface area (Å²) < 4.78 is 0. The second kappa shape index (κ2) is 7.59. The molecule has 23 heavy (non-hydrogen) atoms. The number of benzene rings is 1. The van der Waals surface area contributed by atoms with Gasteiger partial charge in [0.2, 0.25) is 0 Å². The largest absolute Gasteiger partial charge is 0.356 e. The van der Waals surface area contributed by atoms with Crippen molar-refractivity contribution in [2.45, 2.75) is 32.2 Å². The molecule has 122 valence electrons. The number of nitrogens with zero attached hydrogens (tertiary/aromatic N) is 2. The highest BCUT2D eigenvalue weighted by Crippen LogP contribution is 2.46. The van der Waals surface area contributed by atoms with Crippen LogP contribution in [0.4, 0.5) is 0 Å². The second-order valence-electron chi connectivity index (χ2n) is 5.89. The number of aromatic nitrogens is 1. The van der Waals surface area contributed by atoms with Crippen LogP contribution in [0.2, 0.25) is 0 Å². The van der Waals surface area contributed by atoms with Crippen LogP contribution in [-0.2, 0) is 13.0 Å². The lowest BCUT2D eigenvalue weighted by Crippen LogP contribution is -2.38. The van der Waals surface area contributed by atoms with Gasteiger partial charge in [-0.05, 0) is 30.2 Å². The third kappa shape index (κ3) is 4.32. The molecule has 1 aromatic carbocycles. The zero-order valence-corrected chi connectivity index (χ0v) is 14.6. The summed E-state index contributed by atoms with van der Waals surface area (Å²) in [7, 11) is 1.82. The maximum atomic E-state index is 4.43. The first-order chi connectivity index (χ1) is 11.3. The van der Waals surface area contributed by atoms with Crippen LogP contribution in [0.3, 0.4) is 0 Å². The lowest BCUT2D eigenvalue weighted by Gasteiger charge is -2.10. The molecule has 5 heteroatoms. The Hall–Kier alpha value is -1.88. The van der Waals surface area contributed by atoms with E-state index in [4.69, 9.17) is 0 Å². The van der Waals surface area contributed by atoms with Crippen LogP contribution < -0.4 is 10.6 Å². The van der Waals surface area contributed by atoms with Crippen LogP contribution in [0.5, 0.6) is 0 Å². The third-order valence-corrected chi connectivity index (χ3v) is 5.40. The Morgan fingerprint density at radius 1 is 1.30 bits per heavy atom. The van der Waals surface area contributed by atoms with Gasteiger partial charge in [-0.1, -0.05) is 37.3 Å². The van der Waals surface area contributed by atoms with Crippen molar-refractivity contribution in [2.75, 3.05) is 13.6 Å².